The number of sulfonamides is 1. The second-order valence-corrected chi connectivity index (χ2v) is 6.90. The first kappa shape index (κ1) is 14.6. The lowest BCUT2D eigenvalue weighted by molar-refractivity contribution is 0.299. The van der Waals surface area contributed by atoms with Crippen LogP contribution in [0.5, 0.6) is 0 Å². The van der Waals surface area contributed by atoms with Crippen LogP contribution in [0.25, 0.3) is 0 Å². The molecule has 0 heterocycles. The highest BCUT2D eigenvalue weighted by Gasteiger charge is 2.33. The average Bonchev–Trinajstić information content (AvgIpc) is 2.28. The Labute approximate surface area is 110 Å². The lowest BCUT2D eigenvalue weighted by Gasteiger charge is -2.32. The third-order valence-corrected chi connectivity index (χ3v) is 6.11. The predicted octanol–water partition coefficient (Wildman–Crippen LogP) is 2.62. The molecule has 0 aliphatic heterocycles. The maximum Gasteiger partial charge on any atom is 0.243 e. The molecule has 0 radical (unpaired) electrons. The van der Waals surface area contributed by atoms with Gasteiger partial charge in [0.2, 0.25) is 10.0 Å². The molecule has 0 unspecified atom stereocenters. The molecule has 0 aromatic heterocycles. The van der Waals surface area contributed by atoms with Crippen LogP contribution in [0.15, 0.2) is 29.2 Å². The summed E-state index contributed by atoms with van der Waals surface area (Å²) < 4.78 is 38.5. The van der Waals surface area contributed by atoms with Crippen LogP contribution in [0.2, 0.25) is 0 Å². The molecule has 6 heteroatoms. The number of hydrogen-bond donors (Lipinski definition) is 0. The maximum absolute atomic E-state index is 12.8. The highest BCUT2D eigenvalue weighted by Crippen LogP contribution is 2.24. The van der Waals surface area contributed by atoms with Gasteiger partial charge in [0.15, 0.2) is 0 Å². The van der Waals surface area contributed by atoms with Crippen LogP contribution in [0.3, 0.4) is 0 Å². The van der Waals surface area contributed by atoms with E-state index in [1.807, 2.05) is 13.8 Å². The molecule has 0 amide bonds. The van der Waals surface area contributed by atoms with E-state index >= 15 is 0 Å². The summed E-state index contributed by atoms with van der Waals surface area (Å²) in [7, 11) is -2.08. The van der Waals surface area contributed by atoms with Gasteiger partial charge in [-0.2, -0.15) is 4.31 Å². The van der Waals surface area contributed by atoms with Gasteiger partial charge in [-0.25, -0.2) is 12.8 Å². The second kappa shape index (κ2) is 5.04. The SMILES string of the molecule is CN(C(C)(C)CBr)S(=O)(=O)c1ccc(F)cc1. The first-order valence-electron chi connectivity index (χ1n) is 5.02. The minimum atomic E-state index is -3.59. The largest absolute Gasteiger partial charge is 0.243 e. The van der Waals surface area contributed by atoms with Gasteiger partial charge in [0, 0.05) is 17.9 Å². The molecule has 0 fully saturated rings. The van der Waals surface area contributed by atoms with Gasteiger partial charge in [-0.15, -0.1) is 0 Å². The van der Waals surface area contributed by atoms with E-state index in [4.69, 9.17) is 0 Å². The zero-order valence-corrected chi connectivity index (χ0v) is 12.3. The zero-order valence-electron chi connectivity index (χ0n) is 9.94. The molecule has 96 valence electrons. The Morgan fingerprint density at radius 2 is 1.76 bits per heavy atom. The van der Waals surface area contributed by atoms with Gasteiger partial charge >= 0.3 is 0 Å². The Morgan fingerprint density at radius 1 is 1.29 bits per heavy atom. The highest BCUT2D eigenvalue weighted by molar-refractivity contribution is 9.09. The van der Waals surface area contributed by atoms with E-state index in [1.54, 1.807) is 0 Å². The monoisotopic (exact) mass is 323 g/mol. The molecule has 0 aliphatic carbocycles. The number of alkyl halides is 1. The molecule has 1 rings (SSSR count). The van der Waals surface area contributed by atoms with Crippen LogP contribution in [0, 0.1) is 5.82 Å². The summed E-state index contributed by atoms with van der Waals surface area (Å²) in [4.78, 5) is 0.0930. The third-order valence-electron chi connectivity index (χ3n) is 2.65. The van der Waals surface area contributed by atoms with Gasteiger partial charge in [-0.05, 0) is 38.1 Å². The molecule has 0 bridgehead atoms. The minimum Gasteiger partial charge on any atom is -0.207 e. The molecule has 0 saturated carbocycles. The second-order valence-electron chi connectivity index (χ2n) is 4.37. The smallest absolute Gasteiger partial charge is 0.207 e. The van der Waals surface area contributed by atoms with Crippen LogP contribution >= 0.6 is 15.9 Å². The fourth-order valence-electron chi connectivity index (χ4n) is 1.17. The number of nitrogens with zero attached hydrogens (tertiary/aromatic N) is 1. The van der Waals surface area contributed by atoms with Crippen molar-refractivity contribution in [3.63, 3.8) is 0 Å². The van der Waals surface area contributed by atoms with E-state index < -0.39 is 21.4 Å². The fourth-order valence-corrected chi connectivity index (χ4v) is 3.23. The predicted molar refractivity (Wildman–Crippen MR) is 69.2 cm³/mol. The van der Waals surface area contributed by atoms with Gasteiger partial charge in [-0.3, -0.25) is 0 Å². The van der Waals surface area contributed by atoms with Crippen molar-refractivity contribution in [3.05, 3.63) is 30.1 Å². The lowest BCUT2D eigenvalue weighted by atomic mass is 10.1. The van der Waals surface area contributed by atoms with Gasteiger partial charge in [0.05, 0.1) is 4.90 Å². The quantitative estimate of drug-likeness (QED) is 0.799. The lowest BCUT2D eigenvalue weighted by Crippen LogP contribution is -2.46. The van der Waals surface area contributed by atoms with Crippen molar-refractivity contribution in [3.8, 4) is 0 Å². The van der Waals surface area contributed by atoms with Gasteiger partial charge in [0.1, 0.15) is 5.82 Å². The molecule has 0 N–H and O–H groups in total. The molecule has 0 spiro atoms. The van der Waals surface area contributed by atoms with Crippen LogP contribution in [-0.4, -0.2) is 30.6 Å². The van der Waals surface area contributed by atoms with Crippen molar-refractivity contribution in [2.45, 2.75) is 24.3 Å². The Bertz CT molecular complexity index is 485. The number of hydrogen-bond acceptors (Lipinski definition) is 2. The van der Waals surface area contributed by atoms with Gasteiger partial charge < -0.3 is 0 Å². The minimum absolute atomic E-state index is 0.0930. The summed E-state index contributed by atoms with van der Waals surface area (Å²) in [6, 6.07) is 4.82. The van der Waals surface area contributed by atoms with E-state index in [0.29, 0.717) is 5.33 Å². The topological polar surface area (TPSA) is 37.4 Å². The van der Waals surface area contributed by atoms with E-state index in [1.165, 1.54) is 23.5 Å². The van der Waals surface area contributed by atoms with Crippen molar-refractivity contribution in [1.29, 1.82) is 0 Å². The van der Waals surface area contributed by atoms with Crippen LogP contribution in [0.1, 0.15) is 13.8 Å². The maximum atomic E-state index is 12.8. The number of benzene rings is 1. The van der Waals surface area contributed by atoms with E-state index in [-0.39, 0.29) is 4.90 Å². The molecular weight excluding hydrogens is 309 g/mol. The number of rotatable bonds is 4. The Kier molecular flexibility index (Phi) is 4.33. The Balaban J connectivity index is 3.16. The molecule has 0 aliphatic rings. The van der Waals surface area contributed by atoms with E-state index in [0.717, 1.165) is 12.1 Å². The first-order valence-corrected chi connectivity index (χ1v) is 7.58. The normalized spacial score (nSPS) is 13.1. The summed E-state index contributed by atoms with van der Waals surface area (Å²) >= 11 is 3.28. The summed E-state index contributed by atoms with van der Waals surface area (Å²) in [5.41, 5.74) is -0.548. The van der Waals surface area contributed by atoms with Crippen molar-refractivity contribution >= 4 is 26.0 Å². The van der Waals surface area contributed by atoms with Gasteiger partial charge in [-0.1, -0.05) is 15.9 Å². The summed E-state index contributed by atoms with van der Waals surface area (Å²) in [6.07, 6.45) is 0. The van der Waals surface area contributed by atoms with Crippen molar-refractivity contribution < 1.29 is 12.8 Å². The summed E-state index contributed by atoms with van der Waals surface area (Å²) in [5.74, 6) is -0.452. The molecular formula is C11H15BrFNO2S. The van der Waals surface area contributed by atoms with E-state index in [9.17, 15) is 12.8 Å². The van der Waals surface area contributed by atoms with Crippen LogP contribution in [-0.2, 0) is 10.0 Å². The molecule has 0 atom stereocenters. The third kappa shape index (κ3) is 3.05. The first-order chi connectivity index (χ1) is 7.71. The van der Waals surface area contributed by atoms with Crippen molar-refractivity contribution in [2.75, 3.05) is 12.4 Å². The van der Waals surface area contributed by atoms with Gasteiger partial charge in [0.25, 0.3) is 0 Å². The fraction of sp³-hybridized carbons (Fsp3) is 0.455. The Hall–Kier alpha value is -0.460. The van der Waals surface area contributed by atoms with Crippen molar-refractivity contribution in [1.82, 2.24) is 4.31 Å². The number of halogens is 2. The average molecular weight is 324 g/mol. The standard InChI is InChI=1S/C11H15BrFNO2S/c1-11(2,8-12)14(3)17(15,16)10-6-4-9(13)5-7-10/h4-7H,8H2,1-3H3. The summed E-state index contributed by atoms with van der Waals surface area (Å²) in [5, 5.41) is 0.511. The molecule has 17 heavy (non-hydrogen) atoms. The van der Waals surface area contributed by atoms with Crippen molar-refractivity contribution in [2.24, 2.45) is 0 Å². The molecule has 3 nitrogen and oxygen atoms in total. The zero-order chi connectivity index (χ0) is 13.3. The van der Waals surface area contributed by atoms with E-state index in [2.05, 4.69) is 15.9 Å². The van der Waals surface area contributed by atoms with Crippen LogP contribution in [0.4, 0.5) is 4.39 Å². The molecule has 0 saturated heterocycles. The molecule has 1 aromatic rings. The molecule has 1 aromatic carbocycles. The Morgan fingerprint density at radius 3 is 2.18 bits per heavy atom. The highest BCUT2D eigenvalue weighted by atomic mass is 79.9. The van der Waals surface area contributed by atoms with Crippen LogP contribution < -0.4 is 0 Å². The summed E-state index contributed by atoms with van der Waals surface area (Å²) in [6.45, 7) is 3.62.